The van der Waals surface area contributed by atoms with Gasteiger partial charge < -0.3 is 4.90 Å². The van der Waals surface area contributed by atoms with Gasteiger partial charge in [-0.25, -0.2) is 9.67 Å². The molecule has 1 fully saturated rings. The van der Waals surface area contributed by atoms with Crippen molar-refractivity contribution in [2.45, 2.75) is 25.7 Å². The van der Waals surface area contributed by atoms with Gasteiger partial charge in [-0.05, 0) is 44.0 Å². The molecule has 8 nitrogen and oxygen atoms in total. The van der Waals surface area contributed by atoms with E-state index in [0.717, 1.165) is 34.9 Å². The summed E-state index contributed by atoms with van der Waals surface area (Å²) in [6.45, 7) is 3.23. The standard InChI is InChI=1S/C27H28N6O2S/c1-19-23(17-28-33(19)22-11-7-4-8-12-22)27(35)32-15-13-20(14-16-32)26-29-24(18-36-26)25(34)30-31(2)21-9-5-3-6-10-21/h3-12,17-18,20H,13-16H2,1-2H3,(H,30,34). The van der Waals surface area contributed by atoms with Crippen LogP contribution in [-0.2, 0) is 0 Å². The van der Waals surface area contributed by atoms with Gasteiger partial charge in [0.05, 0.1) is 33.8 Å². The second-order valence-electron chi connectivity index (χ2n) is 8.86. The minimum atomic E-state index is -0.234. The van der Waals surface area contributed by atoms with Crippen molar-refractivity contribution in [1.29, 1.82) is 0 Å². The lowest BCUT2D eigenvalue weighted by atomic mass is 9.97. The van der Waals surface area contributed by atoms with E-state index in [2.05, 4.69) is 15.5 Å². The van der Waals surface area contributed by atoms with Crippen molar-refractivity contribution >= 4 is 28.8 Å². The molecule has 4 aromatic rings. The third-order valence-electron chi connectivity index (χ3n) is 6.54. The van der Waals surface area contributed by atoms with E-state index in [-0.39, 0.29) is 17.7 Å². The molecule has 2 amide bonds. The molecule has 2 aromatic carbocycles. The van der Waals surface area contributed by atoms with Gasteiger partial charge in [-0.1, -0.05) is 36.4 Å². The number of piperidine rings is 1. The van der Waals surface area contributed by atoms with Crippen molar-refractivity contribution in [3.63, 3.8) is 0 Å². The number of hydrazine groups is 1. The number of carbonyl (C=O) groups is 2. The first kappa shape index (κ1) is 23.7. The molecule has 1 saturated heterocycles. The third kappa shape index (κ3) is 4.87. The summed E-state index contributed by atoms with van der Waals surface area (Å²) in [4.78, 5) is 32.4. The largest absolute Gasteiger partial charge is 0.338 e. The lowest BCUT2D eigenvalue weighted by molar-refractivity contribution is 0.0712. The molecule has 0 unspecified atom stereocenters. The number of nitrogens with zero attached hydrogens (tertiary/aromatic N) is 5. The molecule has 1 N–H and O–H groups in total. The minimum Gasteiger partial charge on any atom is -0.338 e. The number of anilines is 1. The van der Waals surface area contributed by atoms with Crippen molar-refractivity contribution < 1.29 is 9.59 Å². The summed E-state index contributed by atoms with van der Waals surface area (Å²) in [6, 6.07) is 19.5. The topological polar surface area (TPSA) is 83.4 Å². The van der Waals surface area contributed by atoms with Crippen LogP contribution >= 0.6 is 11.3 Å². The van der Waals surface area contributed by atoms with Crippen LogP contribution in [0.25, 0.3) is 5.69 Å². The van der Waals surface area contributed by atoms with Crippen molar-refractivity contribution in [2.75, 3.05) is 25.1 Å². The zero-order valence-corrected chi connectivity index (χ0v) is 21.1. The molecule has 3 heterocycles. The van der Waals surface area contributed by atoms with Gasteiger partial charge >= 0.3 is 0 Å². The highest BCUT2D eigenvalue weighted by atomic mass is 32.1. The van der Waals surface area contributed by atoms with Crippen molar-refractivity contribution in [3.8, 4) is 5.69 Å². The number of nitrogens with one attached hydrogen (secondary N) is 1. The summed E-state index contributed by atoms with van der Waals surface area (Å²) in [5.41, 5.74) is 6.58. The Morgan fingerprint density at radius 1 is 1.03 bits per heavy atom. The molecule has 9 heteroatoms. The normalized spacial score (nSPS) is 14.0. The van der Waals surface area contributed by atoms with Crippen LogP contribution in [0.15, 0.2) is 72.2 Å². The van der Waals surface area contributed by atoms with E-state index in [1.807, 2.05) is 77.9 Å². The summed E-state index contributed by atoms with van der Waals surface area (Å²) in [5, 5.41) is 8.89. The second-order valence-corrected chi connectivity index (χ2v) is 9.75. The maximum Gasteiger partial charge on any atom is 0.289 e. The molecule has 1 aliphatic heterocycles. The average molecular weight is 501 g/mol. The number of para-hydroxylation sites is 2. The second kappa shape index (κ2) is 10.3. The predicted octanol–water partition coefficient (Wildman–Crippen LogP) is 4.44. The van der Waals surface area contributed by atoms with E-state index in [4.69, 9.17) is 0 Å². The summed E-state index contributed by atoms with van der Waals surface area (Å²) < 4.78 is 1.80. The number of hydrogen-bond acceptors (Lipinski definition) is 6. The number of amides is 2. The Morgan fingerprint density at radius 2 is 1.69 bits per heavy atom. The first-order valence-corrected chi connectivity index (χ1v) is 12.8. The number of benzene rings is 2. The highest BCUT2D eigenvalue weighted by Gasteiger charge is 2.28. The number of rotatable bonds is 6. The number of carbonyl (C=O) groups excluding carboxylic acids is 2. The molecule has 5 rings (SSSR count). The Morgan fingerprint density at radius 3 is 2.39 bits per heavy atom. The quantitative estimate of drug-likeness (QED) is 0.396. The van der Waals surface area contributed by atoms with Gasteiger partial charge in [0, 0.05) is 31.4 Å². The van der Waals surface area contributed by atoms with Gasteiger partial charge in [-0.3, -0.25) is 20.0 Å². The fourth-order valence-electron chi connectivity index (χ4n) is 4.45. The Kier molecular flexibility index (Phi) is 6.81. The average Bonchev–Trinajstić information content (AvgIpc) is 3.57. The maximum absolute atomic E-state index is 13.2. The molecule has 0 spiro atoms. The summed E-state index contributed by atoms with van der Waals surface area (Å²) in [6.07, 6.45) is 3.29. The van der Waals surface area contributed by atoms with Gasteiger partial charge in [-0.15, -0.1) is 11.3 Å². The van der Waals surface area contributed by atoms with Gasteiger partial charge in [-0.2, -0.15) is 5.10 Å². The lowest BCUT2D eigenvalue weighted by Gasteiger charge is -2.31. The van der Waals surface area contributed by atoms with E-state index in [1.54, 1.807) is 22.9 Å². The fraction of sp³-hybridized carbons (Fsp3) is 0.259. The van der Waals surface area contributed by atoms with Crippen LogP contribution in [0, 0.1) is 6.92 Å². The van der Waals surface area contributed by atoms with Gasteiger partial charge in [0.15, 0.2) is 0 Å². The highest BCUT2D eigenvalue weighted by Crippen LogP contribution is 2.31. The molecule has 1 aliphatic rings. The summed E-state index contributed by atoms with van der Waals surface area (Å²) >= 11 is 1.51. The van der Waals surface area contributed by atoms with E-state index in [9.17, 15) is 9.59 Å². The predicted molar refractivity (Wildman–Crippen MR) is 141 cm³/mol. The maximum atomic E-state index is 13.2. The first-order chi connectivity index (χ1) is 17.5. The van der Waals surface area contributed by atoms with E-state index < -0.39 is 0 Å². The fourth-order valence-corrected chi connectivity index (χ4v) is 5.43. The number of hydrogen-bond donors (Lipinski definition) is 1. The van der Waals surface area contributed by atoms with Gasteiger partial charge in [0.2, 0.25) is 0 Å². The molecule has 0 saturated carbocycles. The summed E-state index contributed by atoms with van der Waals surface area (Å²) in [7, 11) is 1.80. The lowest BCUT2D eigenvalue weighted by Crippen LogP contribution is -2.39. The Balaban J connectivity index is 1.19. The molecule has 184 valence electrons. The molecule has 0 atom stereocenters. The molecule has 2 aromatic heterocycles. The Labute approximate surface area is 214 Å². The SMILES string of the molecule is Cc1c(C(=O)N2CCC(c3nc(C(=O)NN(C)c4ccccc4)cs3)CC2)cnn1-c1ccccc1. The van der Waals surface area contributed by atoms with E-state index in [0.29, 0.717) is 24.3 Å². The van der Waals surface area contributed by atoms with Gasteiger partial charge in [0.25, 0.3) is 11.8 Å². The van der Waals surface area contributed by atoms with E-state index in [1.165, 1.54) is 11.3 Å². The molecule has 0 radical (unpaired) electrons. The molecular formula is C27H28N6O2S. The number of aromatic nitrogens is 3. The van der Waals surface area contributed by atoms with Crippen molar-refractivity contribution in [3.05, 3.63) is 94.2 Å². The minimum absolute atomic E-state index is 0.0104. The highest BCUT2D eigenvalue weighted by molar-refractivity contribution is 7.09. The van der Waals surface area contributed by atoms with Crippen LogP contribution in [0.2, 0.25) is 0 Å². The zero-order chi connectivity index (χ0) is 25.1. The van der Waals surface area contributed by atoms with Crippen LogP contribution in [0.5, 0.6) is 0 Å². The van der Waals surface area contributed by atoms with E-state index >= 15 is 0 Å². The molecule has 0 aliphatic carbocycles. The van der Waals surface area contributed by atoms with Crippen LogP contribution < -0.4 is 10.4 Å². The van der Waals surface area contributed by atoms with Crippen LogP contribution in [0.3, 0.4) is 0 Å². The first-order valence-electron chi connectivity index (χ1n) is 12.0. The van der Waals surface area contributed by atoms with Crippen LogP contribution in [-0.4, -0.2) is 51.6 Å². The monoisotopic (exact) mass is 500 g/mol. The Hall–Kier alpha value is -3.98. The zero-order valence-electron chi connectivity index (χ0n) is 20.3. The van der Waals surface area contributed by atoms with Gasteiger partial charge in [0.1, 0.15) is 5.69 Å². The van der Waals surface area contributed by atoms with Crippen LogP contribution in [0.4, 0.5) is 5.69 Å². The summed E-state index contributed by atoms with van der Waals surface area (Å²) in [5.74, 6) is 0.0132. The van der Waals surface area contributed by atoms with Crippen molar-refractivity contribution in [1.82, 2.24) is 25.1 Å². The van der Waals surface area contributed by atoms with Crippen LogP contribution in [0.1, 0.15) is 50.3 Å². The smallest absolute Gasteiger partial charge is 0.289 e. The Bertz CT molecular complexity index is 1340. The molecule has 0 bridgehead atoms. The van der Waals surface area contributed by atoms with Crippen molar-refractivity contribution in [2.24, 2.45) is 0 Å². The third-order valence-corrected chi connectivity index (χ3v) is 7.55. The number of thiazole rings is 1. The number of likely N-dealkylation sites (tertiary alicyclic amines) is 1. The molecular weight excluding hydrogens is 472 g/mol. The molecule has 36 heavy (non-hydrogen) atoms.